The van der Waals surface area contributed by atoms with Gasteiger partial charge >= 0.3 is 0 Å². The SMILES string of the molecule is CCCOc1c2cc(C(C)(C)C)cc1S(=O)c1cc(C(C)(C)C)cc(c1OCCC)Sc1cc(C(C)(C)C)cc(c1OCCC)S(=O)c1cc(C(C)(C)C)cc(c1OCCC)S2. The van der Waals surface area contributed by atoms with Crippen molar-refractivity contribution in [1.82, 2.24) is 0 Å². The van der Waals surface area contributed by atoms with Crippen LogP contribution in [0.25, 0.3) is 0 Å². The van der Waals surface area contributed by atoms with Gasteiger partial charge in [-0.05, 0) is 118 Å². The molecule has 4 aromatic rings. The first-order valence-electron chi connectivity index (χ1n) is 22.4. The third-order valence-electron chi connectivity index (χ3n) is 10.6. The third-order valence-corrected chi connectivity index (χ3v) is 15.5. The fourth-order valence-electron chi connectivity index (χ4n) is 6.75. The van der Waals surface area contributed by atoms with Gasteiger partial charge in [0.2, 0.25) is 0 Å². The third kappa shape index (κ3) is 11.5. The van der Waals surface area contributed by atoms with Gasteiger partial charge in [0.05, 0.1) is 87.2 Å². The van der Waals surface area contributed by atoms with E-state index in [1.807, 2.05) is 0 Å². The molecule has 0 fully saturated rings. The highest BCUT2D eigenvalue weighted by molar-refractivity contribution is 8.00. The monoisotopic (exact) mass is 920 g/mol. The van der Waals surface area contributed by atoms with Gasteiger partial charge < -0.3 is 18.9 Å². The van der Waals surface area contributed by atoms with Crippen molar-refractivity contribution in [3.63, 3.8) is 0 Å². The molecule has 0 amide bonds. The zero-order valence-electron chi connectivity index (χ0n) is 40.4. The van der Waals surface area contributed by atoms with E-state index < -0.39 is 21.6 Å². The molecule has 0 saturated carbocycles. The Hall–Kier alpha value is -2.92. The Kier molecular flexibility index (Phi) is 16.2. The molecule has 0 aromatic heterocycles. The number of ether oxygens (including phenoxy) is 4. The van der Waals surface area contributed by atoms with E-state index in [0.29, 0.717) is 69.0 Å². The van der Waals surface area contributed by atoms with Gasteiger partial charge in [-0.3, -0.25) is 0 Å². The minimum atomic E-state index is -1.75. The van der Waals surface area contributed by atoms with E-state index in [4.69, 9.17) is 18.9 Å². The molecule has 8 bridgehead atoms. The minimum absolute atomic E-state index is 0.294. The van der Waals surface area contributed by atoms with Gasteiger partial charge in [0.25, 0.3) is 0 Å². The standard InChI is InChI=1S/C52H72O6S4/c1-17-21-55-45-37-25-33(49(5,6)7)29-41(45)61(53)42-30-35(51(11,12)13)27-39(47(42)57-23-19-3)60-40-28-36(52(14,15)16)32-44(48(40)58-24-20-4)62(54)43-31-34(50(8,9)10)26-38(59-37)46(43)56-22-18-2/h25-32H,17-24H2,1-16H3. The van der Waals surface area contributed by atoms with Crippen LogP contribution in [-0.2, 0) is 43.3 Å². The Morgan fingerprint density at radius 2 is 0.565 bits per heavy atom. The van der Waals surface area contributed by atoms with Crippen LogP contribution in [0.5, 0.6) is 23.0 Å². The highest BCUT2D eigenvalue weighted by Gasteiger charge is 2.33. The second-order valence-corrected chi connectivity index (χ2v) is 25.3. The minimum Gasteiger partial charge on any atom is -0.491 e. The molecule has 1 heterocycles. The molecule has 1 aliphatic rings. The number of fused-ring (bicyclic) bond motifs is 8. The van der Waals surface area contributed by atoms with Gasteiger partial charge in [0, 0.05) is 0 Å². The molecule has 340 valence electrons. The second kappa shape index (κ2) is 20.1. The van der Waals surface area contributed by atoms with Crippen LogP contribution in [0.4, 0.5) is 0 Å². The van der Waals surface area contributed by atoms with Crippen LogP contribution < -0.4 is 18.9 Å². The van der Waals surface area contributed by atoms with E-state index in [1.54, 1.807) is 0 Å². The summed E-state index contributed by atoms with van der Waals surface area (Å²) in [7, 11) is -3.49. The molecular formula is C52H72O6S4. The zero-order chi connectivity index (χ0) is 45.9. The van der Waals surface area contributed by atoms with E-state index in [0.717, 1.165) is 67.5 Å². The fourth-order valence-corrected chi connectivity index (χ4v) is 12.0. The molecule has 0 unspecified atom stereocenters. The molecule has 5 rings (SSSR count). The van der Waals surface area contributed by atoms with Crippen LogP contribution in [0, 0.1) is 0 Å². The highest BCUT2D eigenvalue weighted by atomic mass is 32.2. The van der Waals surface area contributed by atoms with Crippen LogP contribution in [0.15, 0.2) is 87.7 Å². The summed E-state index contributed by atoms with van der Waals surface area (Å²) in [6.07, 6.45) is 3.08. The van der Waals surface area contributed by atoms with Crippen molar-refractivity contribution in [3.8, 4) is 23.0 Å². The summed E-state index contributed by atoms with van der Waals surface area (Å²) in [4.78, 5) is 5.69. The van der Waals surface area contributed by atoms with Crippen molar-refractivity contribution in [2.45, 2.75) is 197 Å². The van der Waals surface area contributed by atoms with Crippen LogP contribution in [0.3, 0.4) is 0 Å². The first-order valence-corrected chi connectivity index (χ1v) is 26.3. The quantitative estimate of drug-likeness (QED) is 0.123. The van der Waals surface area contributed by atoms with Gasteiger partial charge in [-0.15, -0.1) is 0 Å². The van der Waals surface area contributed by atoms with Crippen molar-refractivity contribution in [2.75, 3.05) is 26.4 Å². The summed E-state index contributed by atoms with van der Waals surface area (Å²) < 4.78 is 58.9. The van der Waals surface area contributed by atoms with Crippen LogP contribution in [0.1, 0.15) is 159 Å². The average molecular weight is 921 g/mol. The molecule has 0 aliphatic carbocycles. The molecular weight excluding hydrogens is 849 g/mol. The topological polar surface area (TPSA) is 71.1 Å². The molecule has 1 aliphatic heterocycles. The molecule has 0 radical (unpaired) electrons. The van der Waals surface area contributed by atoms with Crippen molar-refractivity contribution in [2.24, 2.45) is 0 Å². The molecule has 10 heteroatoms. The molecule has 0 saturated heterocycles. The molecule has 0 atom stereocenters. The lowest BCUT2D eigenvalue weighted by atomic mass is 9.87. The Labute approximate surface area is 387 Å². The lowest BCUT2D eigenvalue weighted by Crippen LogP contribution is -2.16. The molecule has 4 aromatic carbocycles. The maximum Gasteiger partial charge on any atom is 0.149 e. The normalized spacial score (nSPS) is 15.9. The Balaban J connectivity index is 2.10. The maximum atomic E-state index is 15.9. The van der Waals surface area contributed by atoms with E-state index in [2.05, 4.69) is 159 Å². The van der Waals surface area contributed by atoms with Gasteiger partial charge in [-0.25, -0.2) is 8.42 Å². The Bertz CT molecular complexity index is 1970. The first kappa shape index (κ1) is 50.1. The molecule has 0 spiro atoms. The predicted molar refractivity (Wildman–Crippen MR) is 261 cm³/mol. The van der Waals surface area contributed by atoms with E-state index in [9.17, 15) is 0 Å². The smallest absolute Gasteiger partial charge is 0.149 e. The number of rotatable bonds is 12. The molecule has 62 heavy (non-hydrogen) atoms. The summed E-state index contributed by atoms with van der Waals surface area (Å²) in [5.74, 6) is 2.31. The van der Waals surface area contributed by atoms with Crippen molar-refractivity contribution < 1.29 is 27.4 Å². The molecule has 6 nitrogen and oxygen atoms in total. The lowest BCUT2D eigenvalue weighted by molar-refractivity contribution is 0.298. The van der Waals surface area contributed by atoms with Crippen LogP contribution >= 0.6 is 23.5 Å². The number of benzene rings is 4. The van der Waals surface area contributed by atoms with Crippen molar-refractivity contribution in [1.29, 1.82) is 0 Å². The molecule has 0 N–H and O–H groups in total. The van der Waals surface area contributed by atoms with Crippen molar-refractivity contribution >= 4 is 45.1 Å². The van der Waals surface area contributed by atoms with Gasteiger partial charge in [0.15, 0.2) is 0 Å². The average Bonchev–Trinajstić information content (AvgIpc) is 3.18. The summed E-state index contributed by atoms with van der Waals surface area (Å²) in [5.41, 5.74) is 2.94. The van der Waals surface area contributed by atoms with Crippen LogP contribution in [0.2, 0.25) is 0 Å². The van der Waals surface area contributed by atoms with Crippen molar-refractivity contribution in [3.05, 3.63) is 70.8 Å². The van der Waals surface area contributed by atoms with E-state index in [1.165, 1.54) is 23.5 Å². The zero-order valence-corrected chi connectivity index (χ0v) is 43.6. The van der Waals surface area contributed by atoms with Gasteiger partial charge in [-0.2, -0.15) is 0 Å². The number of hydrogen-bond acceptors (Lipinski definition) is 8. The van der Waals surface area contributed by atoms with Gasteiger partial charge in [-0.1, -0.05) is 134 Å². The summed E-state index contributed by atoms with van der Waals surface area (Å²) in [5, 5.41) is 0. The maximum absolute atomic E-state index is 15.9. The largest absolute Gasteiger partial charge is 0.491 e. The van der Waals surface area contributed by atoms with Gasteiger partial charge in [0.1, 0.15) is 23.0 Å². The summed E-state index contributed by atoms with van der Waals surface area (Å²) in [6.45, 7) is 36.3. The predicted octanol–water partition coefficient (Wildman–Crippen LogP) is 15.0. The van der Waals surface area contributed by atoms with Crippen LogP contribution in [-0.4, -0.2) is 34.8 Å². The summed E-state index contributed by atoms with van der Waals surface area (Å²) >= 11 is 3.07. The Morgan fingerprint density at radius 3 is 0.726 bits per heavy atom. The lowest BCUT2D eigenvalue weighted by Gasteiger charge is -2.28. The summed E-state index contributed by atoms with van der Waals surface area (Å²) in [6, 6.07) is 17.0. The highest BCUT2D eigenvalue weighted by Crippen LogP contribution is 2.53. The van der Waals surface area contributed by atoms with E-state index in [-0.39, 0.29) is 21.7 Å². The Morgan fingerprint density at radius 1 is 0.371 bits per heavy atom. The first-order chi connectivity index (χ1) is 28.9. The second-order valence-electron chi connectivity index (χ2n) is 20.3. The number of hydrogen-bond donors (Lipinski definition) is 0. The van der Waals surface area contributed by atoms with E-state index >= 15 is 8.42 Å². The fraction of sp³-hybridized carbons (Fsp3) is 0.538.